The number of carbonyl (C=O) groups is 1. The molecule has 0 aliphatic rings. The van der Waals surface area contributed by atoms with E-state index < -0.39 is 0 Å². The maximum atomic E-state index is 11.9. The lowest BCUT2D eigenvalue weighted by molar-refractivity contribution is -0.121. The molecule has 2 N–H and O–H groups in total. The first-order valence-electron chi connectivity index (χ1n) is 6.57. The number of aryl methyl sites for hydroxylation is 1. The van der Waals surface area contributed by atoms with E-state index in [2.05, 4.69) is 36.4 Å². The van der Waals surface area contributed by atoms with E-state index in [0.717, 1.165) is 15.8 Å². The number of rotatable bonds is 6. The van der Waals surface area contributed by atoms with Crippen molar-refractivity contribution in [3.63, 3.8) is 0 Å². The maximum Gasteiger partial charge on any atom is 0.220 e. The standard InChI is InChI=1S/C14H17BrN4O2/c1-9(14-16-8-17-19-14)18-13(20)6-4-10-3-5-12(21-2)11(15)7-10/h3,5,7-9H,4,6H2,1-2H3,(H,18,20)(H,16,17,19). The Morgan fingerprint density at radius 3 is 2.95 bits per heavy atom. The summed E-state index contributed by atoms with van der Waals surface area (Å²) < 4.78 is 6.06. The Bertz CT molecular complexity index is 601. The van der Waals surface area contributed by atoms with E-state index in [4.69, 9.17) is 4.74 Å². The van der Waals surface area contributed by atoms with Gasteiger partial charge in [-0.2, -0.15) is 5.10 Å². The fraction of sp³-hybridized carbons (Fsp3) is 0.357. The lowest BCUT2D eigenvalue weighted by Crippen LogP contribution is -2.27. The minimum atomic E-state index is -0.178. The second kappa shape index (κ2) is 7.21. The fourth-order valence-corrected chi connectivity index (χ4v) is 2.52. The lowest BCUT2D eigenvalue weighted by atomic mass is 10.1. The first kappa shape index (κ1) is 15.5. The molecule has 2 aromatic rings. The average molecular weight is 353 g/mol. The highest BCUT2D eigenvalue weighted by Crippen LogP contribution is 2.25. The number of methoxy groups -OCH3 is 1. The summed E-state index contributed by atoms with van der Waals surface area (Å²) in [5, 5.41) is 9.39. The highest BCUT2D eigenvalue weighted by molar-refractivity contribution is 9.10. The van der Waals surface area contributed by atoms with Gasteiger partial charge in [-0.1, -0.05) is 6.07 Å². The number of amides is 1. The molecule has 0 radical (unpaired) electrons. The van der Waals surface area contributed by atoms with Gasteiger partial charge in [0.2, 0.25) is 5.91 Å². The van der Waals surface area contributed by atoms with Crippen LogP contribution >= 0.6 is 15.9 Å². The molecular weight excluding hydrogens is 336 g/mol. The molecule has 6 nitrogen and oxygen atoms in total. The zero-order chi connectivity index (χ0) is 15.2. The van der Waals surface area contributed by atoms with Crippen LogP contribution in [-0.4, -0.2) is 28.2 Å². The molecule has 0 spiro atoms. The van der Waals surface area contributed by atoms with Gasteiger partial charge in [-0.25, -0.2) is 4.98 Å². The molecule has 1 unspecified atom stereocenters. The number of carbonyl (C=O) groups excluding carboxylic acids is 1. The molecule has 112 valence electrons. The Balaban J connectivity index is 1.85. The third kappa shape index (κ3) is 4.29. The normalized spacial score (nSPS) is 12.0. The molecule has 0 fully saturated rings. The van der Waals surface area contributed by atoms with E-state index in [9.17, 15) is 4.79 Å². The van der Waals surface area contributed by atoms with Crippen molar-refractivity contribution < 1.29 is 9.53 Å². The topological polar surface area (TPSA) is 79.9 Å². The summed E-state index contributed by atoms with van der Waals surface area (Å²) in [4.78, 5) is 15.9. The van der Waals surface area contributed by atoms with Gasteiger partial charge in [0.1, 0.15) is 17.9 Å². The van der Waals surface area contributed by atoms with E-state index in [0.29, 0.717) is 18.7 Å². The highest BCUT2D eigenvalue weighted by atomic mass is 79.9. The number of nitrogens with zero attached hydrogens (tertiary/aromatic N) is 2. The Kier molecular flexibility index (Phi) is 5.32. The van der Waals surface area contributed by atoms with E-state index in [1.807, 2.05) is 25.1 Å². The van der Waals surface area contributed by atoms with Crippen LogP contribution in [0.1, 0.15) is 30.8 Å². The summed E-state index contributed by atoms with van der Waals surface area (Å²) in [7, 11) is 1.62. The van der Waals surface area contributed by atoms with Crippen molar-refractivity contribution in [3.8, 4) is 5.75 Å². The summed E-state index contributed by atoms with van der Waals surface area (Å²) in [5.41, 5.74) is 1.07. The molecule has 0 aliphatic heterocycles. The summed E-state index contributed by atoms with van der Waals surface area (Å²) >= 11 is 3.44. The predicted octanol–water partition coefficient (Wildman–Crippen LogP) is 2.39. The van der Waals surface area contributed by atoms with Crippen molar-refractivity contribution in [3.05, 3.63) is 40.4 Å². The van der Waals surface area contributed by atoms with Gasteiger partial charge in [0.05, 0.1) is 17.6 Å². The van der Waals surface area contributed by atoms with Gasteiger partial charge in [-0.3, -0.25) is 9.89 Å². The average Bonchev–Trinajstić information content (AvgIpc) is 2.99. The van der Waals surface area contributed by atoms with Crippen LogP contribution in [0.5, 0.6) is 5.75 Å². The first-order chi connectivity index (χ1) is 10.1. The Morgan fingerprint density at radius 2 is 2.33 bits per heavy atom. The largest absolute Gasteiger partial charge is 0.496 e. The minimum absolute atomic E-state index is 0.0224. The quantitative estimate of drug-likeness (QED) is 0.836. The first-order valence-corrected chi connectivity index (χ1v) is 7.36. The Labute approximate surface area is 131 Å². The SMILES string of the molecule is COc1ccc(CCC(=O)NC(C)c2ncn[nH]2)cc1Br. The molecule has 1 heterocycles. The van der Waals surface area contributed by atoms with E-state index in [-0.39, 0.29) is 11.9 Å². The summed E-state index contributed by atoms with van der Waals surface area (Å²) in [5.74, 6) is 1.41. The van der Waals surface area contributed by atoms with E-state index in [1.54, 1.807) is 7.11 Å². The number of hydrogen-bond donors (Lipinski definition) is 2. The molecule has 1 aromatic heterocycles. The van der Waals surface area contributed by atoms with Crippen molar-refractivity contribution in [2.75, 3.05) is 7.11 Å². The second-order valence-corrected chi connectivity index (χ2v) is 5.48. The number of benzene rings is 1. The van der Waals surface area contributed by atoms with Gasteiger partial charge in [-0.05, 0) is 47.0 Å². The molecule has 0 aliphatic carbocycles. The molecule has 7 heteroatoms. The van der Waals surface area contributed by atoms with Gasteiger partial charge in [0.25, 0.3) is 0 Å². The second-order valence-electron chi connectivity index (χ2n) is 4.63. The fourth-order valence-electron chi connectivity index (χ4n) is 1.93. The summed E-state index contributed by atoms with van der Waals surface area (Å²) in [6.45, 7) is 1.86. The van der Waals surface area contributed by atoms with Gasteiger partial charge in [0.15, 0.2) is 0 Å². The Morgan fingerprint density at radius 1 is 1.52 bits per heavy atom. The number of ether oxygens (including phenoxy) is 1. The van der Waals surface area contributed by atoms with Crippen molar-refractivity contribution in [2.45, 2.75) is 25.8 Å². The number of nitrogens with one attached hydrogen (secondary N) is 2. The van der Waals surface area contributed by atoms with Crippen LogP contribution in [0.2, 0.25) is 0 Å². The molecule has 1 atom stereocenters. The van der Waals surface area contributed by atoms with Crippen LogP contribution in [0.15, 0.2) is 29.0 Å². The minimum Gasteiger partial charge on any atom is -0.496 e. The van der Waals surface area contributed by atoms with Gasteiger partial charge >= 0.3 is 0 Å². The van der Waals surface area contributed by atoms with E-state index in [1.165, 1.54) is 6.33 Å². The lowest BCUT2D eigenvalue weighted by Gasteiger charge is -2.11. The zero-order valence-corrected chi connectivity index (χ0v) is 13.5. The van der Waals surface area contributed by atoms with E-state index >= 15 is 0 Å². The summed E-state index contributed by atoms with van der Waals surface area (Å²) in [6.07, 6.45) is 2.50. The van der Waals surface area contributed by atoms with Crippen LogP contribution in [0.4, 0.5) is 0 Å². The molecule has 2 rings (SSSR count). The third-order valence-electron chi connectivity index (χ3n) is 3.08. The monoisotopic (exact) mass is 352 g/mol. The van der Waals surface area contributed by atoms with Crippen LogP contribution in [0.3, 0.4) is 0 Å². The van der Waals surface area contributed by atoms with Crippen LogP contribution in [0, 0.1) is 0 Å². The van der Waals surface area contributed by atoms with Crippen molar-refractivity contribution in [1.29, 1.82) is 0 Å². The number of halogens is 1. The van der Waals surface area contributed by atoms with Gasteiger partial charge < -0.3 is 10.1 Å². The molecule has 1 aromatic carbocycles. The highest BCUT2D eigenvalue weighted by Gasteiger charge is 2.12. The van der Waals surface area contributed by atoms with Crippen molar-refractivity contribution >= 4 is 21.8 Å². The van der Waals surface area contributed by atoms with Crippen LogP contribution < -0.4 is 10.1 Å². The number of aromatic nitrogens is 3. The smallest absolute Gasteiger partial charge is 0.220 e. The predicted molar refractivity (Wildman–Crippen MR) is 82.0 cm³/mol. The van der Waals surface area contributed by atoms with Gasteiger partial charge in [-0.15, -0.1) is 0 Å². The number of hydrogen-bond acceptors (Lipinski definition) is 4. The molecule has 0 bridgehead atoms. The molecule has 0 saturated carbocycles. The number of aromatic amines is 1. The van der Waals surface area contributed by atoms with Crippen molar-refractivity contribution in [1.82, 2.24) is 20.5 Å². The van der Waals surface area contributed by atoms with Crippen LogP contribution in [-0.2, 0) is 11.2 Å². The third-order valence-corrected chi connectivity index (χ3v) is 3.70. The van der Waals surface area contributed by atoms with Crippen LogP contribution in [0.25, 0.3) is 0 Å². The Hall–Kier alpha value is -1.89. The summed E-state index contributed by atoms with van der Waals surface area (Å²) in [6, 6.07) is 5.62. The zero-order valence-electron chi connectivity index (χ0n) is 11.9. The molecular formula is C14H17BrN4O2. The van der Waals surface area contributed by atoms with Crippen molar-refractivity contribution in [2.24, 2.45) is 0 Å². The van der Waals surface area contributed by atoms with Gasteiger partial charge in [0, 0.05) is 6.42 Å². The molecule has 1 amide bonds. The molecule has 21 heavy (non-hydrogen) atoms. The molecule has 0 saturated heterocycles. The number of H-pyrrole nitrogens is 1. The maximum absolute atomic E-state index is 11.9.